The van der Waals surface area contributed by atoms with Gasteiger partial charge in [0.2, 0.25) is 0 Å². The molecular formula is C17H19FN2O. The molecule has 0 atom stereocenters. The van der Waals surface area contributed by atoms with Crippen LogP contribution in [0.4, 0.5) is 10.1 Å². The number of carbonyl (C=O) groups excluding carboxylic acids is 1. The minimum atomic E-state index is -0.401. The lowest BCUT2D eigenvalue weighted by atomic mass is 10.1. The Bertz CT molecular complexity index is 608. The van der Waals surface area contributed by atoms with E-state index in [0.717, 1.165) is 17.7 Å². The first-order valence-electron chi connectivity index (χ1n) is 6.86. The molecule has 0 aliphatic heterocycles. The third-order valence-electron chi connectivity index (χ3n) is 3.24. The van der Waals surface area contributed by atoms with E-state index in [1.807, 2.05) is 43.3 Å². The second-order valence-electron chi connectivity index (χ2n) is 5.08. The summed E-state index contributed by atoms with van der Waals surface area (Å²) in [6.45, 7) is 0.524. The Labute approximate surface area is 124 Å². The Morgan fingerprint density at radius 3 is 2.48 bits per heavy atom. The van der Waals surface area contributed by atoms with E-state index in [2.05, 4.69) is 5.32 Å². The summed E-state index contributed by atoms with van der Waals surface area (Å²) in [5, 5.41) is 2.80. The maximum absolute atomic E-state index is 13.0. The number of amides is 1. The molecule has 0 spiro atoms. The average molecular weight is 286 g/mol. The molecule has 3 nitrogen and oxygen atoms in total. The fourth-order valence-electron chi connectivity index (χ4n) is 2.01. The molecule has 2 aromatic rings. The highest BCUT2D eigenvalue weighted by molar-refractivity contribution is 5.94. The Hall–Kier alpha value is -2.36. The lowest BCUT2D eigenvalue weighted by molar-refractivity contribution is 0.0953. The molecule has 0 aromatic heterocycles. The van der Waals surface area contributed by atoms with Gasteiger partial charge in [0.15, 0.2) is 0 Å². The zero-order valence-electron chi connectivity index (χ0n) is 12.3. The highest BCUT2D eigenvalue weighted by Gasteiger charge is 2.05. The monoisotopic (exact) mass is 286 g/mol. The van der Waals surface area contributed by atoms with Crippen molar-refractivity contribution >= 4 is 11.6 Å². The van der Waals surface area contributed by atoms with Gasteiger partial charge >= 0.3 is 0 Å². The zero-order chi connectivity index (χ0) is 15.2. The van der Waals surface area contributed by atoms with Crippen LogP contribution in [0.1, 0.15) is 15.9 Å². The van der Waals surface area contributed by atoms with Crippen LogP contribution in [0, 0.1) is 5.82 Å². The number of benzene rings is 2. The fourth-order valence-corrected chi connectivity index (χ4v) is 2.01. The highest BCUT2D eigenvalue weighted by atomic mass is 19.1. The van der Waals surface area contributed by atoms with Gasteiger partial charge in [-0.05, 0) is 42.3 Å². The molecule has 21 heavy (non-hydrogen) atoms. The lowest BCUT2D eigenvalue weighted by Crippen LogP contribution is -2.25. The Balaban J connectivity index is 1.85. The summed E-state index contributed by atoms with van der Waals surface area (Å²) in [5.74, 6) is -0.652. The van der Waals surface area contributed by atoms with Crippen LogP contribution in [0.5, 0.6) is 0 Å². The summed E-state index contributed by atoms with van der Waals surface area (Å²) >= 11 is 0. The van der Waals surface area contributed by atoms with Crippen LogP contribution < -0.4 is 10.2 Å². The van der Waals surface area contributed by atoms with Crippen LogP contribution in [-0.4, -0.2) is 26.5 Å². The van der Waals surface area contributed by atoms with E-state index in [-0.39, 0.29) is 5.91 Å². The molecule has 0 fully saturated rings. The third kappa shape index (κ3) is 4.31. The first-order valence-corrected chi connectivity index (χ1v) is 6.86. The van der Waals surface area contributed by atoms with Gasteiger partial charge in [0, 0.05) is 31.9 Å². The van der Waals surface area contributed by atoms with Gasteiger partial charge < -0.3 is 10.2 Å². The maximum Gasteiger partial charge on any atom is 0.251 e. The standard InChI is InChI=1S/C17H19FN2O/c1-20(2)16-8-6-13(7-9-16)10-11-19-17(21)14-4-3-5-15(18)12-14/h3-9,12H,10-11H2,1-2H3,(H,19,21). The predicted molar refractivity (Wildman–Crippen MR) is 83.2 cm³/mol. The molecule has 2 aromatic carbocycles. The van der Waals surface area contributed by atoms with Crippen molar-refractivity contribution in [3.05, 3.63) is 65.5 Å². The smallest absolute Gasteiger partial charge is 0.251 e. The van der Waals surface area contributed by atoms with Gasteiger partial charge in [-0.15, -0.1) is 0 Å². The van der Waals surface area contributed by atoms with Gasteiger partial charge in [-0.2, -0.15) is 0 Å². The largest absolute Gasteiger partial charge is 0.378 e. The number of hydrogen-bond acceptors (Lipinski definition) is 2. The predicted octanol–water partition coefficient (Wildman–Crippen LogP) is 2.86. The summed E-state index contributed by atoms with van der Waals surface area (Å²) in [4.78, 5) is 13.9. The van der Waals surface area contributed by atoms with E-state index in [9.17, 15) is 9.18 Å². The van der Waals surface area contributed by atoms with Crippen molar-refractivity contribution in [2.75, 3.05) is 25.5 Å². The van der Waals surface area contributed by atoms with Crippen molar-refractivity contribution < 1.29 is 9.18 Å². The van der Waals surface area contributed by atoms with Crippen LogP contribution in [0.15, 0.2) is 48.5 Å². The van der Waals surface area contributed by atoms with E-state index < -0.39 is 5.82 Å². The average Bonchev–Trinajstić information content (AvgIpc) is 2.47. The van der Waals surface area contributed by atoms with Gasteiger partial charge in [0.1, 0.15) is 5.82 Å². The van der Waals surface area contributed by atoms with Crippen LogP contribution in [0.3, 0.4) is 0 Å². The number of nitrogens with one attached hydrogen (secondary N) is 1. The quantitative estimate of drug-likeness (QED) is 0.916. The van der Waals surface area contributed by atoms with Crippen LogP contribution >= 0.6 is 0 Å². The second-order valence-corrected chi connectivity index (χ2v) is 5.08. The third-order valence-corrected chi connectivity index (χ3v) is 3.24. The zero-order valence-corrected chi connectivity index (χ0v) is 12.3. The second kappa shape index (κ2) is 6.88. The SMILES string of the molecule is CN(C)c1ccc(CCNC(=O)c2cccc(F)c2)cc1. The minimum Gasteiger partial charge on any atom is -0.378 e. The first kappa shape index (κ1) is 15.0. The van der Waals surface area contributed by atoms with Gasteiger partial charge in [0.25, 0.3) is 5.91 Å². The first-order chi connectivity index (χ1) is 10.1. The molecule has 0 aliphatic rings. The van der Waals surface area contributed by atoms with Crippen LogP contribution in [-0.2, 0) is 6.42 Å². The Kier molecular flexibility index (Phi) is 4.93. The molecular weight excluding hydrogens is 267 g/mol. The molecule has 0 saturated heterocycles. The molecule has 0 saturated carbocycles. The fraction of sp³-hybridized carbons (Fsp3) is 0.235. The van der Waals surface area contributed by atoms with E-state index in [4.69, 9.17) is 0 Å². The number of carbonyl (C=O) groups is 1. The molecule has 0 aliphatic carbocycles. The molecule has 0 radical (unpaired) electrons. The highest BCUT2D eigenvalue weighted by Crippen LogP contribution is 2.12. The van der Waals surface area contributed by atoms with E-state index in [1.54, 1.807) is 6.07 Å². The van der Waals surface area contributed by atoms with E-state index >= 15 is 0 Å². The molecule has 4 heteroatoms. The number of anilines is 1. The van der Waals surface area contributed by atoms with Gasteiger partial charge in [0.05, 0.1) is 0 Å². The summed E-state index contributed by atoms with van der Waals surface area (Å²) < 4.78 is 13.0. The number of rotatable bonds is 5. The van der Waals surface area contributed by atoms with Crippen molar-refractivity contribution in [2.45, 2.75) is 6.42 Å². The number of nitrogens with zero attached hydrogens (tertiary/aromatic N) is 1. The molecule has 0 unspecified atom stereocenters. The molecule has 110 valence electrons. The van der Waals surface area contributed by atoms with Crippen LogP contribution in [0.2, 0.25) is 0 Å². The lowest BCUT2D eigenvalue weighted by Gasteiger charge is -2.12. The Morgan fingerprint density at radius 2 is 1.86 bits per heavy atom. The summed E-state index contributed by atoms with van der Waals surface area (Å²) in [7, 11) is 3.99. The topological polar surface area (TPSA) is 32.3 Å². The molecule has 2 rings (SSSR count). The summed E-state index contributed by atoms with van der Waals surface area (Å²) in [5.41, 5.74) is 2.64. The van der Waals surface area contributed by atoms with Crippen molar-refractivity contribution in [1.29, 1.82) is 0 Å². The summed E-state index contributed by atoms with van der Waals surface area (Å²) in [6, 6.07) is 13.9. The van der Waals surface area contributed by atoms with Crippen molar-refractivity contribution in [3.63, 3.8) is 0 Å². The number of hydrogen-bond donors (Lipinski definition) is 1. The summed E-state index contributed by atoms with van der Waals surface area (Å²) in [6.07, 6.45) is 0.745. The van der Waals surface area contributed by atoms with Crippen molar-refractivity contribution in [2.24, 2.45) is 0 Å². The molecule has 1 N–H and O–H groups in total. The maximum atomic E-state index is 13.0. The van der Waals surface area contributed by atoms with Gasteiger partial charge in [-0.1, -0.05) is 18.2 Å². The Morgan fingerprint density at radius 1 is 1.14 bits per heavy atom. The number of halogens is 1. The normalized spacial score (nSPS) is 10.2. The molecule has 0 heterocycles. The van der Waals surface area contributed by atoms with Gasteiger partial charge in [-0.3, -0.25) is 4.79 Å². The van der Waals surface area contributed by atoms with Crippen LogP contribution in [0.25, 0.3) is 0 Å². The van der Waals surface area contributed by atoms with Gasteiger partial charge in [-0.25, -0.2) is 4.39 Å². The van der Waals surface area contributed by atoms with E-state index in [1.165, 1.54) is 18.2 Å². The minimum absolute atomic E-state index is 0.251. The van der Waals surface area contributed by atoms with Crippen molar-refractivity contribution in [3.8, 4) is 0 Å². The molecule has 0 bridgehead atoms. The van der Waals surface area contributed by atoms with E-state index in [0.29, 0.717) is 12.1 Å². The van der Waals surface area contributed by atoms with Crippen molar-refractivity contribution in [1.82, 2.24) is 5.32 Å². The molecule has 1 amide bonds.